The molecule has 0 radical (unpaired) electrons. The average molecular weight is 230 g/mol. The van der Waals surface area contributed by atoms with Gasteiger partial charge in [0.2, 0.25) is 0 Å². The molecule has 0 spiro atoms. The van der Waals surface area contributed by atoms with E-state index in [1.807, 2.05) is 6.92 Å². The Balaban J connectivity index is 2.69. The largest absolute Gasteiger partial charge is 0.388 e. The molecule has 0 amide bonds. The van der Waals surface area contributed by atoms with Gasteiger partial charge in [0.25, 0.3) is 0 Å². The Morgan fingerprint density at radius 1 is 1.38 bits per heavy atom. The van der Waals surface area contributed by atoms with E-state index in [0.717, 1.165) is 12.1 Å². The summed E-state index contributed by atoms with van der Waals surface area (Å²) in [6.07, 6.45) is -0.540. The third kappa shape index (κ3) is 3.54. The maximum atomic E-state index is 13.3. The van der Waals surface area contributed by atoms with Crippen LogP contribution in [-0.2, 0) is 4.74 Å². The second kappa shape index (κ2) is 5.92. The number of rotatable bonds is 5. The smallest absolute Gasteiger partial charge is 0.131 e. The number of halogens is 2. The number of ether oxygens (including phenoxy) is 1. The van der Waals surface area contributed by atoms with E-state index in [-0.39, 0.29) is 11.5 Å². The second-order valence-corrected chi connectivity index (χ2v) is 3.98. The molecule has 0 saturated heterocycles. The molecule has 0 bridgehead atoms. The number of benzene rings is 1. The quantitative estimate of drug-likeness (QED) is 0.842. The number of aliphatic hydroxyl groups is 1. The lowest BCUT2D eigenvalue weighted by molar-refractivity contribution is 0.0996. The van der Waals surface area contributed by atoms with Gasteiger partial charge in [-0.2, -0.15) is 0 Å². The van der Waals surface area contributed by atoms with Gasteiger partial charge in [0.05, 0.1) is 6.10 Å². The molecule has 0 heterocycles. The summed E-state index contributed by atoms with van der Waals surface area (Å²) in [4.78, 5) is 0. The zero-order valence-electron chi connectivity index (χ0n) is 9.41. The molecule has 0 aliphatic rings. The van der Waals surface area contributed by atoms with Gasteiger partial charge in [0, 0.05) is 25.3 Å². The van der Waals surface area contributed by atoms with E-state index < -0.39 is 17.7 Å². The zero-order chi connectivity index (χ0) is 12.1. The SMILES string of the molecule is COCC(C)CC(O)c1ccc(F)cc1F. The average Bonchev–Trinajstić information content (AvgIpc) is 2.17. The lowest BCUT2D eigenvalue weighted by atomic mass is 9.98. The summed E-state index contributed by atoms with van der Waals surface area (Å²) in [5, 5.41) is 9.77. The van der Waals surface area contributed by atoms with Crippen molar-refractivity contribution in [1.29, 1.82) is 0 Å². The third-order valence-corrected chi connectivity index (χ3v) is 2.40. The predicted molar refractivity (Wildman–Crippen MR) is 57.0 cm³/mol. The summed E-state index contributed by atoms with van der Waals surface area (Å²) >= 11 is 0. The minimum Gasteiger partial charge on any atom is -0.388 e. The van der Waals surface area contributed by atoms with Gasteiger partial charge in [-0.25, -0.2) is 8.78 Å². The van der Waals surface area contributed by atoms with Crippen LogP contribution in [0.4, 0.5) is 8.78 Å². The topological polar surface area (TPSA) is 29.5 Å². The molecule has 90 valence electrons. The van der Waals surface area contributed by atoms with Gasteiger partial charge in [-0.05, 0) is 18.4 Å². The summed E-state index contributed by atoms with van der Waals surface area (Å²) in [5.74, 6) is -1.24. The maximum Gasteiger partial charge on any atom is 0.131 e. The zero-order valence-corrected chi connectivity index (χ0v) is 9.41. The van der Waals surface area contributed by atoms with Crippen LogP contribution in [0.1, 0.15) is 25.0 Å². The Morgan fingerprint density at radius 2 is 2.06 bits per heavy atom. The van der Waals surface area contributed by atoms with Crippen molar-refractivity contribution in [1.82, 2.24) is 0 Å². The Bertz CT molecular complexity index is 342. The molecule has 0 saturated carbocycles. The molecule has 0 aromatic heterocycles. The standard InChI is InChI=1S/C12H16F2O2/c1-8(7-16-2)5-12(15)10-4-3-9(13)6-11(10)14/h3-4,6,8,12,15H,5,7H2,1-2H3. The van der Waals surface area contributed by atoms with Gasteiger partial charge >= 0.3 is 0 Å². The summed E-state index contributed by atoms with van der Waals surface area (Å²) in [6.45, 7) is 2.40. The summed E-state index contributed by atoms with van der Waals surface area (Å²) < 4.78 is 30.9. The van der Waals surface area contributed by atoms with Crippen molar-refractivity contribution < 1.29 is 18.6 Å². The Hall–Kier alpha value is -1.00. The highest BCUT2D eigenvalue weighted by Gasteiger charge is 2.16. The van der Waals surface area contributed by atoms with Crippen LogP contribution in [-0.4, -0.2) is 18.8 Å². The highest BCUT2D eigenvalue weighted by Crippen LogP contribution is 2.24. The van der Waals surface area contributed by atoms with Crippen LogP contribution in [0, 0.1) is 17.6 Å². The summed E-state index contributed by atoms with van der Waals surface area (Å²) in [6, 6.07) is 3.19. The molecule has 2 unspecified atom stereocenters. The van der Waals surface area contributed by atoms with Crippen molar-refractivity contribution in [3.05, 3.63) is 35.4 Å². The molecular formula is C12H16F2O2. The van der Waals surface area contributed by atoms with Gasteiger partial charge in [-0.3, -0.25) is 0 Å². The summed E-state index contributed by atoms with van der Waals surface area (Å²) in [5.41, 5.74) is 0.129. The van der Waals surface area contributed by atoms with E-state index >= 15 is 0 Å². The fraction of sp³-hybridized carbons (Fsp3) is 0.500. The molecule has 0 aliphatic carbocycles. The van der Waals surface area contributed by atoms with E-state index in [1.54, 1.807) is 7.11 Å². The van der Waals surface area contributed by atoms with Crippen molar-refractivity contribution in [2.75, 3.05) is 13.7 Å². The van der Waals surface area contributed by atoms with Gasteiger partial charge in [0.15, 0.2) is 0 Å². The first-order valence-corrected chi connectivity index (χ1v) is 5.16. The monoisotopic (exact) mass is 230 g/mol. The van der Waals surface area contributed by atoms with Crippen LogP contribution < -0.4 is 0 Å². The van der Waals surface area contributed by atoms with Crippen LogP contribution in [0.2, 0.25) is 0 Å². The highest BCUT2D eigenvalue weighted by molar-refractivity contribution is 5.20. The van der Waals surface area contributed by atoms with Crippen LogP contribution in [0.5, 0.6) is 0 Å². The van der Waals surface area contributed by atoms with E-state index in [0.29, 0.717) is 13.0 Å². The Morgan fingerprint density at radius 3 is 2.62 bits per heavy atom. The van der Waals surface area contributed by atoms with E-state index in [4.69, 9.17) is 4.74 Å². The first-order chi connectivity index (χ1) is 7.54. The summed E-state index contributed by atoms with van der Waals surface area (Å²) in [7, 11) is 1.57. The van der Waals surface area contributed by atoms with Crippen LogP contribution in [0.3, 0.4) is 0 Å². The van der Waals surface area contributed by atoms with E-state index in [2.05, 4.69) is 0 Å². The first-order valence-electron chi connectivity index (χ1n) is 5.16. The lowest BCUT2D eigenvalue weighted by Gasteiger charge is -2.16. The van der Waals surface area contributed by atoms with Gasteiger partial charge < -0.3 is 9.84 Å². The highest BCUT2D eigenvalue weighted by atomic mass is 19.1. The molecule has 1 aromatic carbocycles. The van der Waals surface area contributed by atoms with Crippen molar-refractivity contribution in [2.24, 2.45) is 5.92 Å². The Kier molecular flexibility index (Phi) is 4.83. The first kappa shape index (κ1) is 13.1. The molecule has 2 nitrogen and oxygen atoms in total. The molecular weight excluding hydrogens is 214 g/mol. The number of hydrogen-bond acceptors (Lipinski definition) is 2. The van der Waals surface area contributed by atoms with Gasteiger partial charge in [-0.1, -0.05) is 13.0 Å². The van der Waals surface area contributed by atoms with E-state index in [9.17, 15) is 13.9 Å². The third-order valence-electron chi connectivity index (χ3n) is 2.40. The van der Waals surface area contributed by atoms with Crippen molar-refractivity contribution in [3.8, 4) is 0 Å². The fourth-order valence-electron chi connectivity index (χ4n) is 1.63. The molecule has 0 fully saturated rings. The normalized spacial score (nSPS) is 14.8. The van der Waals surface area contributed by atoms with Crippen LogP contribution >= 0.6 is 0 Å². The predicted octanol–water partition coefficient (Wildman–Crippen LogP) is 2.67. The second-order valence-electron chi connectivity index (χ2n) is 3.98. The molecule has 1 rings (SSSR count). The van der Waals surface area contributed by atoms with Crippen LogP contribution in [0.15, 0.2) is 18.2 Å². The molecule has 2 atom stereocenters. The molecule has 4 heteroatoms. The Labute approximate surface area is 93.9 Å². The fourth-order valence-corrected chi connectivity index (χ4v) is 1.63. The molecule has 16 heavy (non-hydrogen) atoms. The number of hydrogen-bond donors (Lipinski definition) is 1. The minimum atomic E-state index is -0.925. The van der Waals surface area contributed by atoms with E-state index in [1.165, 1.54) is 6.07 Å². The molecule has 1 aromatic rings. The number of aliphatic hydroxyl groups excluding tert-OH is 1. The molecule has 0 aliphatic heterocycles. The van der Waals surface area contributed by atoms with Crippen molar-refractivity contribution in [2.45, 2.75) is 19.4 Å². The molecule has 1 N–H and O–H groups in total. The van der Waals surface area contributed by atoms with Crippen molar-refractivity contribution >= 4 is 0 Å². The number of methoxy groups -OCH3 is 1. The van der Waals surface area contributed by atoms with Gasteiger partial charge in [-0.15, -0.1) is 0 Å². The van der Waals surface area contributed by atoms with Gasteiger partial charge in [0.1, 0.15) is 11.6 Å². The van der Waals surface area contributed by atoms with Crippen LogP contribution in [0.25, 0.3) is 0 Å². The minimum absolute atomic E-state index is 0.115. The van der Waals surface area contributed by atoms with Crippen molar-refractivity contribution in [3.63, 3.8) is 0 Å². The lowest BCUT2D eigenvalue weighted by Crippen LogP contribution is -2.10. The maximum absolute atomic E-state index is 13.3.